The third kappa shape index (κ3) is 2.13. The molecule has 0 aliphatic carbocycles. The number of rotatable bonds is 6. The van der Waals surface area contributed by atoms with Gasteiger partial charge in [0.25, 0.3) is 0 Å². The molecule has 0 rings (SSSR count). The lowest BCUT2D eigenvalue weighted by molar-refractivity contribution is -0.409. The minimum absolute atomic E-state index is 0.393. The van der Waals surface area contributed by atoms with Gasteiger partial charge < -0.3 is 0 Å². The Labute approximate surface area is 76.9 Å². The van der Waals surface area contributed by atoms with Crippen molar-refractivity contribution in [1.82, 2.24) is 0 Å². The molecule has 0 amide bonds. The van der Waals surface area contributed by atoms with E-state index in [1.54, 1.807) is 0 Å². The quantitative estimate of drug-likeness (QED) is 0.629. The summed E-state index contributed by atoms with van der Waals surface area (Å²) in [6.45, 7) is -2.55. The zero-order valence-electron chi connectivity index (χ0n) is 7.37. The summed E-state index contributed by atoms with van der Waals surface area (Å²) in [5.41, 5.74) is -3.97. The van der Waals surface area contributed by atoms with Crippen molar-refractivity contribution in [1.29, 1.82) is 0 Å². The van der Waals surface area contributed by atoms with Gasteiger partial charge in [-0.15, -0.1) is 4.94 Å². The van der Waals surface area contributed by atoms with Crippen LogP contribution in [0.3, 0.4) is 0 Å². The second-order valence-corrected chi connectivity index (χ2v) is 2.85. The topological polar surface area (TPSA) is 9.23 Å². The molecule has 7 heteroatoms. The van der Waals surface area contributed by atoms with Crippen LogP contribution in [0.5, 0.6) is 0 Å². The number of alkyl halides is 5. The minimum Gasteiger partial charge on any atom is -0.251 e. The zero-order valence-corrected chi connectivity index (χ0v) is 7.37. The lowest BCUT2D eigenvalue weighted by atomic mass is 9.88. The maximum Gasteiger partial charge on any atom is 0.422 e. The van der Waals surface area contributed by atoms with Crippen LogP contribution in [0.1, 0.15) is 13.3 Å². The second kappa shape index (κ2) is 4.86. The fourth-order valence-electron chi connectivity index (χ4n) is 1.04. The highest BCUT2D eigenvalue weighted by Gasteiger charge is 2.62. The first-order valence-electron chi connectivity index (χ1n) is 3.88. The van der Waals surface area contributed by atoms with Gasteiger partial charge in [-0.1, -0.05) is 6.92 Å². The van der Waals surface area contributed by atoms with Crippen LogP contribution in [0, 0.1) is 5.92 Å². The van der Waals surface area contributed by atoms with Gasteiger partial charge in [0.2, 0.25) is 5.67 Å². The van der Waals surface area contributed by atoms with Gasteiger partial charge >= 0.3 is 6.11 Å². The maximum absolute atomic E-state index is 13.2. The van der Waals surface area contributed by atoms with E-state index in [1.165, 1.54) is 6.92 Å². The smallest absolute Gasteiger partial charge is 0.251 e. The van der Waals surface area contributed by atoms with Gasteiger partial charge in [-0.3, -0.25) is 4.39 Å². The first kappa shape index (κ1) is 13.5. The molecular formula is C7H10F6O. The van der Waals surface area contributed by atoms with Gasteiger partial charge in [-0.2, -0.15) is 8.78 Å². The summed E-state index contributed by atoms with van der Waals surface area (Å²) >= 11 is 0. The van der Waals surface area contributed by atoms with Crippen LogP contribution in [0.15, 0.2) is 0 Å². The summed E-state index contributed by atoms with van der Waals surface area (Å²) in [6.07, 6.45) is -5.37. The SMILES string of the molecule is CCC(CF)C(F)(CF)C(F)(F)OF. The molecule has 86 valence electrons. The van der Waals surface area contributed by atoms with Crippen LogP contribution in [-0.4, -0.2) is 25.1 Å². The van der Waals surface area contributed by atoms with E-state index in [4.69, 9.17) is 0 Å². The molecule has 0 fully saturated rings. The molecule has 0 bridgehead atoms. The Hall–Kier alpha value is -0.460. The Morgan fingerprint density at radius 2 is 1.71 bits per heavy atom. The Balaban J connectivity index is 4.94. The van der Waals surface area contributed by atoms with Crippen molar-refractivity contribution < 1.29 is 31.4 Å². The van der Waals surface area contributed by atoms with E-state index >= 15 is 0 Å². The molecule has 0 aromatic rings. The van der Waals surface area contributed by atoms with Crippen molar-refractivity contribution in [3.8, 4) is 0 Å². The van der Waals surface area contributed by atoms with Gasteiger partial charge in [-0.25, -0.2) is 8.78 Å². The predicted octanol–water partition coefficient (Wildman–Crippen LogP) is 3.15. The number of hydrogen-bond donors (Lipinski definition) is 0. The number of hydrogen-bond acceptors (Lipinski definition) is 1. The van der Waals surface area contributed by atoms with Gasteiger partial charge in [-0.05, 0) is 10.9 Å². The normalized spacial score (nSPS) is 19.1. The molecule has 0 saturated carbocycles. The first-order chi connectivity index (χ1) is 6.39. The van der Waals surface area contributed by atoms with E-state index in [-0.39, 0.29) is 0 Å². The Morgan fingerprint density at radius 3 is 1.93 bits per heavy atom. The summed E-state index contributed by atoms with van der Waals surface area (Å²) in [4.78, 5) is 2.06. The van der Waals surface area contributed by atoms with Crippen molar-refractivity contribution in [3.63, 3.8) is 0 Å². The summed E-state index contributed by atoms with van der Waals surface area (Å²) in [5.74, 6) is -1.95. The minimum atomic E-state index is -4.98. The molecule has 14 heavy (non-hydrogen) atoms. The molecular weight excluding hydrogens is 214 g/mol. The Morgan fingerprint density at radius 1 is 1.21 bits per heavy atom. The van der Waals surface area contributed by atoms with Gasteiger partial charge in [0.1, 0.15) is 6.67 Å². The highest BCUT2D eigenvalue weighted by molar-refractivity contribution is 4.93. The first-order valence-corrected chi connectivity index (χ1v) is 3.88. The van der Waals surface area contributed by atoms with Crippen LogP contribution in [0.2, 0.25) is 0 Å². The molecule has 0 aromatic heterocycles. The molecule has 0 heterocycles. The van der Waals surface area contributed by atoms with Crippen LogP contribution in [0.4, 0.5) is 26.5 Å². The van der Waals surface area contributed by atoms with Gasteiger partial charge in [0.05, 0.1) is 6.67 Å². The van der Waals surface area contributed by atoms with Crippen molar-refractivity contribution in [2.24, 2.45) is 5.92 Å². The van der Waals surface area contributed by atoms with Crippen LogP contribution < -0.4 is 0 Å². The predicted molar refractivity (Wildman–Crippen MR) is 36.7 cm³/mol. The Kier molecular flexibility index (Phi) is 4.70. The molecule has 0 N–H and O–H groups in total. The average Bonchev–Trinajstić information content (AvgIpc) is 2.18. The molecule has 0 saturated heterocycles. The summed E-state index contributed by atoms with van der Waals surface area (Å²) < 4.78 is 73.6. The van der Waals surface area contributed by atoms with Crippen molar-refractivity contribution in [2.45, 2.75) is 25.1 Å². The van der Waals surface area contributed by atoms with Crippen molar-refractivity contribution in [2.75, 3.05) is 13.3 Å². The fourth-order valence-corrected chi connectivity index (χ4v) is 1.04. The zero-order chi connectivity index (χ0) is 11.4. The third-order valence-electron chi connectivity index (χ3n) is 2.10. The van der Waals surface area contributed by atoms with Crippen LogP contribution in [0.25, 0.3) is 0 Å². The van der Waals surface area contributed by atoms with Crippen LogP contribution in [-0.2, 0) is 4.94 Å². The largest absolute Gasteiger partial charge is 0.422 e. The van der Waals surface area contributed by atoms with E-state index in [0.717, 1.165) is 0 Å². The lowest BCUT2D eigenvalue weighted by Gasteiger charge is -2.32. The second-order valence-electron chi connectivity index (χ2n) is 2.85. The summed E-state index contributed by atoms with van der Waals surface area (Å²) in [6, 6.07) is 0. The molecule has 0 aromatic carbocycles. The van der Waals surface area contributed by atoms with E-state index in [2.05, 4.69) is 4.94 Å². The maximum atomic E-state index is 13.2. The standard InChI is InChI=1S/C7H10F6O/c1-2-5(3-8)6(10,4-9)7(11,12)14-13/h5H,2-4H2,1H3. The summed E-state index contributed by atoms with van der Waals surface area (Å²) in [7, 11) is 0. The van der Waals surface area contributed by atoms with E-state index < -0.39 is 37.5 Å². The fraction of sp³-hybridized carbons (Fsp3) is 1.00. The van der Waals surface area contributed by atoms with Gasteiger partial charge in [0, 0.05) is 5.92 Å². The number of halogens is 6. The molecule has 0 spiro atoms. The highest BCUT2D eigenvalue weighted by atomic mass is 19.4. The monoisotopic (exact) mass is 224 g/mol. The average molecular weight is 224 g/mol. The van der Waals surface area contributed by atoms with E-state index in [9.17, 15) is 26.5 Å². The molecule has 1 nitrogen and oxygen atoms in total. The highest BCUT2D eigenvalue weighted by Crippen LogP contribution is 2.41. The molecule has 2 unspecified atom stereocenters. The van der Waals surface area contributed by atoms with E-state index in [0.29, 0.717) is 0 Å². The Bertz CT molecular complexity index is 172. The molecule has 0 radical (unpaired) electrons. The molecule has 2 atom stereocenters. The third-order valence-corrected chi connectivity index (χ3v) is 2.10. The molecule has 0 aliphatic rings. The van der Waals surface area contributed by atoms with Crippen LogP contribution >= 0.6 is 0 Å². The van der Waals surface area contributed by atoms with Crippen molar-refractivity contribution in [3.05, 3.63) is 0 Å². The van der Waals surface area contributed by atoms with E-state index in [1.807, 2.05) is 0 Å². The van der Waals surface area contributed by atoms with Gasteiger partial charge in [0.15, 0.2) is 0 Å². The lowest BCUT2D eigenvalue weighted by Crippen LogP contribution is -2.53. The molecule has 0 aliphatic heterocycles. The van der Waals surface area contributed by atoms with Crippen molar-refractivity contribution >= 4 is 0 Å². The summed E-state index contributed by atoms with van der Waals surface area (Å²) in [5, 5.41) is 0.